The molecule has 2 rings (SSSR count). The van der Waals surface area contributed by atoms with Crippen molar-refractivity contribution >= 4 is 19.4 Å². The van der Waals surface area contributed by atoms with E-state index < -0.39 is 8.07 Å². The molecule has 1 aromatic heterocycles. The normalized spacial score (nSPS) is 11.9. The lowest BCUT2D eigenvalue weighted by molar-refractivity contribution is 0.0796. The van der Waals surface area contributed by atoms with Crippen molar-refractivity contribution in [1.82, 2.24) is 9.78 Å². The number of nitrogen functional groups attached to an aromatic ring is 2. The molecule has 0 radical (unpaired) electrons. The quantitative estimate of drug-likeness (QED) is 0.481. The molecular weight excluding hydrogens is 311 g/mol. The predicted octanol–water partition coefficient (Wildman–Crippen LogP) is 3.47. The van der Waals surface area contributed by atoms with Crippen molar-refractivity contribution in [1.29, 1.82) is 0 Å². The van der Waals surface area contributed by atoms with Gasteiger partial charge in [-0.25, -0.2) is 9.07 Å². The largest absolute Gasteiger partial charge is 0.398 e. The van der Waals surface area contributed by atoms with Gasteiger partial charge < -0.3 is 16.2 Å². The average molecular weight is 336 g/mol. The number of halogens is 1. The van der Waals surface area contributed by atoms with Gasteiger partial charge >= 0.3 is 0 Å². The van der Waals surface area contributed by atoms with Crippen LogP contribution in [-0.2, 0) is 11.5 Å². The SMILES string of the molecule is Cc1nn(COCC[Si](C)(C)C)c(-c2cc(F)ccc2N)c1N. The van der Waals surface area contributed by atoms with Crippen LogP contribution in [0.15, 0.2) is 18.2 Å². The summed E-state index contributed by atoms with van der Waals surface area (Å²) in [5, 5.41) is 4.39. The molecule has 0 aliphatic heterocycles. The zero-order chi connectivity index (χ0) is 17.2. The molecule has 0 spiro atoms. The number of aryl methyl sites for hydroxylation is 1. The van der Waals surface area contributed by atoms with Gasteiger partial charge in [0.2, 0.25) is 0 Å². The third-order valence-corrected chi connectivity index (χ3v) is 5.36. The number of rotatable bonds is 6. The first-order chi connectivity index (χ1) is 10.7. The number of ether oxygens (including phenoxy) is 1. The Morgan fingerprint density at radius 1 is 1.26 bits per heavy atom. The van der Waals surface area contributed by atoms with Crippen molar-refractivity contribution in [2.75, 3.05) is 18.1 Å². The smallest absolute Gasteiger partial charge is 0.140 e. The minimum absolute atomic E-state index is 0.272. The number of aromatic nitrogens is 2. The van der Waals surface area contributed by atoms with Gasteiger partial charge in [-0.3, -0.25) is 0 Å². The van der Waals surface area contributed by atoms with Gasteiger partial charge in [0.25, 0.3) is 0 Å². The number of benzene rings is 1. The molecule has 0 saturated heterocycles. The summed E-state index contributed by atoms with van der Waals surface area (Å²) in [4.78, 5) is 0. The maximum atomic E-state index is 13.6. The van der Waals surface area contributed by atoms with Gasteiger partial charge in [-0.1, -0.05) is 19.6 Å². The molecule has 4 N–H and O–H groups in total. The highest BCUT2D eigenvalue weighted by molar-refractivity contribution is 6.76. The summed E-state index contributed by atoms with van der Waals surface area (Å²) in [6.45, 7) is 9.65. The van der Waals surface area contributed by atoms with Gasteiger partial charge in [0.1, 0.15) is 12.5 Å². The lowest BCUT2D eigenvalue weighted by Crippen LogP contribution is -2.22. The van der Waals surface area contributed by atoms with Crippen LogP contribution in [0.25, 0.3) is 11.3 Å². The fourth-order valence-corrected chi connectivity index (χ4v) is 2.99. The van der Waals surface area contributed by atoms with Crippen molar-refractivity contribution in [2.45, 2.75) is 39.3 Å². The zero-order valence-corrected chi connectivity index (χ0v) is 15.2. The Balaban J connectivity index is 2.25. The Kier molecular flexibility index (Phi) is 5.11. The number of hydrogen-bond donors (Lipinski definition) is 2. The second-order valence-electron chi connectivity index (χ2n) is 6.93. The molecule has 0 aliphatic rings. The second-order valence-corrected chi connectivity index (χ2v) is 12.5. The van der Waals surface area contributed by atoms with Crippen molar-refractivity contribution in [3.8, 4) is 11.3 Å². The number of nitrogens with zero attached hydrogens (tertiary/aromatic N) is 2. The molecule has 5 nitrogen and oxygen atoms in total. The maximum Gasteiger partial charge on any atom is 0.140 e. The third kappa shape index (κ3) is 4.32. The van der Waals surface area contributed by atoms with Crippen LogP contribution in [0.2, 0.25) is 25.7 Å². The second kappa shape index (κ2) is 6.72. The highest BCUT2D eigenvalue weighted by atomic mass is 28.3. The topological polar surface area (TPSA) is 79.1 Å². The minimum Gasteiger partial charge on any atom is -0.398 e. The molecular formula is C16H25FN4OSi. The van der Waals surface area contributed by atoms with Gasteiger partial charge in [-0.2, -0.15) is 5.10 Å². The molecule has 2 aromatic rings. The molecule has 126 valence electrons. The highest BCUT2D eigenvalue weighted by Gasteiger charge is 2.18. The zero-order valence-electron chi connectivity index (χ0n) is 14.2. The number of anilines is 2. The lowest BCUT2D eigenvalue weighted by atomic mass is 10.1. The van der Waals surface area contributed by atoms with Crippen molar-refractivity contribution in [3.05, 3.63) is 29.7 Å². The van der Waals surface area contributed by atoms with Crippen LogP contribution >= 0.6 is 0 Å². The van der Waals surface area contributed by atoms with Crippen LogP contribution in [0, 0.1) is 12.7 Å². The van der Waals surface area contributed by atoms with E-state index in [-0.39, 0.29) is 12.5 Å². The maximum absolute atomic E-state index is 13.6. The summed E-state index contributed by atoms with van der Waals surface area (Å²) in [5.41, 5.74) is 14.9. The van der Waals surface area contributed by atoms with E-state index >= 15 is 0 Å². The molecule has 1 heterocycles. The number of hydrogen-bond acceptors (Lipinski definition) is 4. The Morgan fingerprint density at radius 2 is 1.96 bits per heavy atom. The standard InChI is InChI=1S/C16H25FN4OSi/c1-11-15(19)16(13-9-12(17)5-6-14(13)18)21(20-11)10-22-7-8-23(2,3)4/h5-6,9H,7-8,10,18-19H2,1-4H3. The molecule has 0 fully saturated rings. The summed E-state index contributed by atoms with van der Waals surface area (Å²) < 4.78 is 21.0. The van der Waals surface area contributed by atoms with Gasteiger partial charge in [0, 0.05) is 25.9 Å². The van der Waals surface area contributed by atoms with E-state index in [1.54, 1.807) is 4.68 Å². The highest BCUT2D eigenvalue weighted by Crippen LogP contribution is 2.33. The van der Waals surface area contributed by atoms with Crippen LogP contribution in [0.3, 0.4) is 0 Å². The van der Waals surface area contributed by atoms with Gasteiger partial charge in [-0.15, -0.1) is 0 Å². The summed E-state index contributed by atoms with van der Waals surface area (Å²) in [5.74, 6) is -0.362. The van der Waals surface area contributed by atoms with Gasteiger partial charge in [0.15, 0.2) is 0 Å². The van der Waals surface area contributed by atoms with E-state index in [2.05, 4.69) is 24.7 Å². The monoisotopic (exact) mass is 336 g/mol. The Labute approximate surface area is 137 Å². The molecule has 0 aliphatic carbocycles. The Bertz CT molecular complexity index is 694. The first kappa shape index (κ1) is 17.5. The molecule has 0 bridgehead atoms. The van der Waals surface area contributed by atoms with Gasteiger partial charge in [-0.05, 0) is 31.2 Å². The molecule has 1 aromatic carbocycles. The van der Waals surface area contributed by atoms with E-state index in [9.17, 15) is 4.39 Å². The minimum atomic E-state index is -1.14. The van der Waals surface area contributed by atoms with Crippen LogP contribution in [0.1, 0.15) is 5.69 Å². The summed E-state index contributed by atoms with van der Waals surface area (Å²) in [6.07, 6.45) is 0. The lowest BCUT2D eigenvalue weighted by Gasteiger charge is -2.16. The first-order valence-electron chi connectivity index (χ1n) is 7.65. The molecule has 0 amide bonds. The first-order valence-corrected chi connectivity index (χ1v) is 11.4. The van der Waals surface area contributed by atoms with E-state index in [1.165, 1.54) is 18.2 Å². The predicted molar refractivity (Wildman–Crippen MR) is 95.3 cm³/mol. The summed E-state index contributed by atoms with van der Waals surface area (Å²) in [7, 11) is -1.14. The van der Waals surface area contributed by atoms with Gasteiger partial charge in [0.05, 0.1) is 17.1 Å². The van der Waals surface area contributed by atoms with E-state index in [0.29, 0.717) is 34.9 Å². The van der Waals surface area contributed by atoms with Crippen LogP contribution in [-0.4, -0.2) is 24.5 Å². The van der Waals surface area contributed by atoms with E-state index in [1.807, 2.05) is 6.92 Å². The van der Waals surface area contributed by atoms with Crippen LogP contribution in [0.4, 0.5) is 15.8 Å². The average Bonchev–Trinajstić information content (AvgIpc) is 2.72. The van der Waals surface area contributed by atoms with Crippen molar-refractivity contribution in [2.24, 2.45) is 0 Å². The van der Waals surface area contributed by atoms with Crippen LogP contribution in [0.5, 0.6) is 0 Å². The number of nitrogens with two attached hydrogens (primary N) is 2. The van der Waals surface area contributed by atoms with E-state index in [0.717, 1.165) is 6.04 Å². The van der Waals surface area contributed by atoms with Crippen LogP contribution < -0.4 is 11.5 Å². The molecule has 0 saturated carbocycles. The van der Waals surface area contributed by atoms with E-state index in [4.69, 9.17) is 16.2 Å². The Hall–Kier alpha value is -1.86. The molecule has 0 atom stereocenters. The molecule has 7 heteroatoms. The fourth-order valence-electron chi connectivity index (χ4n) is 2.24. The summed E-state index contributed by atoms with van der Waals surface area (Å²) >= 11 is 0. The van der Waals surface area contributed by atoms with Crippen molar-refractivity contribution in [3.63, 3.8) is 0 Å². The molecule has 23 heavy (non-hydrogen) atoms. The third-order valence-electron chi connectivity index (χ3n) is 3.65. The van der Waals surface area contributed by atoms with Crippen molar-refractivity contribution < 1.29 is 9.13 Å². The molecule has 0 unspecified atom stereocenters. The Morgan fingerprint density at radius 3 is 2.61 bits per heavy atom. The summed E-state index contributed by atoms with van der Waals surface area (Å²) in [6, 6.07) is 5.30. The fraction of sp³-hybridized carbons (Fsp3) is 0.438.